The summed E-state index contributed by atoms with van der Waals surface area (Å²) in [5.74, 6) is -1.13. The number of aliphatic hydroxyl groups is 1. The van der Waals surface area contributed by atoms with Gasteiger partial charge in [-0.3, -0.25) is 19.5 Å². The number of ketones is 1. The molecule has 5 rings (SSSR count). The number of aromatic amines is 1. The molecule has 33 heavy (non-hydrogen) atoms. The summed E-state index contributed by atoms with van der Waals surface area (Å²) in [6.07, 6.45) is 3.14. The molecule has 2 aromatic carbocycles. The van der Waals surface area contributed by atoms with E-state index in [1.807, 2.05) is 25.1 Å². The average molecular weight is 440 g/mol. The number of carbonyl (C=O) groups is 2. The molecule has 0 radical (unpaired) electrons. The van der Waals surface area contributed by atoms with Gasteiger partial charge in [0.2, 0.25) is 5.95 Å². The maximum Gasteiger partial charge on any atom is 0.302 e. The third-order valence-electron chi connectivity index (χ3n) is 5.66. The van der Waals surface area contributed by atoms with Crippen molar-refractivity contribution >= 4 is 34.4 Å². The van der Waals surface area contributed by atoms with Crippen molar-refractivity contribution in [3.05, 3.63) is 89.3 Å². The van der Waals surface area contributed by atoms with Gasteiger partial charge in [-0.15, -0.1) is 0 Å². The highest BCUT2D eigenvalue weighted by molar-refractivity contribution is 6.51. The Labute approximate surface area is 189 Å². The molecule has 0 bridgehead atoms. The lowest BCUT2D eigenvalue weighted by molar-refractivity contribution is -0.132. The third kappa shape index (κ3) is 3.41. The van der Waals surface area contributed by atoms with Gasteiger partial charge in [0.15, 0.2) is 0 Å². The van der Waals surface area contributed by atoms with E-state index in [0.717, 1.165) is 11.1 Å². The fourth-order valence-corrected chi connectivity index (χ4v) is 4.06. The summed E-state index contributed by atoms with van der Waals surface area (Å²) in [5.41, 5.74) is 3.39. The zero-order valence-electron chi connectivity index (χ0n) is 17.9. The van der Waals surface area contributed by atoms with Crippen molar-refractivity contribution < 1.29 is 19.4 Å². The predicted octanol–water partition coefficient (Wildman–Crippen LogP) is 3.90. The van der Waals surface area contributed by atoms with E-state index in [-0.39, 0.29) is 17.3 Å². The number of pyridine rings is 1. The van der Waals surface area contributed by atoms with Gasteiger partial charge in [0.1, 0.15) is 11.5 Å². The first kappa shape index (κ1) is 20.4. The second-order valence-corrected chi connectivity index (χ2v) is 7.76. The van der Waals surface area contributed by atoms with E-state index in [2.05, 4.69) is 15.0 Å². The number of nitrogens with one attached hydrogen (secondary N) is 1. The maximum absolute atomic E-state index is 13.2. The topological polar surface area (TPSA) is 108 Å². The molecule has 1 aliphatic rings. The first-order valence-electron chi connectivity index (χ1n) is 10.3. The monoisotopic (exact) mass is 440 g/mol. The standard InChI is InChI=1S/C25H20N4O4/c1-14-6-7-18-19(12-14)28-25(27-18)29-21(15-8-10-26-11-9-15)20(23(31)24(29)32)22(30)16-4-3-5-17(13-16)33-2/h3-13,21,30H,1-2H3,(H,27,28)/b22-20+. The summed E-state index contributed by atoms with van der Waals surface area (Å²) in [6, 6.07) is 14.9. The second-order valence-electron chi connectivity index (χ2n) is 7.76. The smallest absolute Gasteiger partial charge is 0.302 e. The summed E-state index contributed by atoms with van der Waals surface area (Å²) in [4.78, 5) is 39.5. The molecule has 2 N–H and O–H groups in total. The van der Waals surface area contributed by atoms with Gasteiger partial charge in [-0.05, 0) is 54.4 Å². The van der Waals surface area contributed by atoms with Gasteiger partial charge in [-0.1, -0.05) is 18.2 Å². The molecule has 3 heterocycles. The lowest BCUT2D eigenvalue weighted by atomic mass is 9.96. The Kier molecular flexibility index (Phi) is 4.90. The SMILES string of the molecule is COc1cccc(/C(O)=C2\C(=O)C(=O)N(c3nc4ccc(C)cc4[nH]3)C2c2ccncc2)c1. The number of H-pyrrole nitrogens is 1. The average Bonchev–Trinajstić information content (AvgIpc) is 3.37. The molecule has 1 unspecified atom stereocenters. The van der Waals surface area contributed by atoms with Crippen molar-refractivity contribution in [2.24, 2.45) is 0 Å². The first-order valence-corrected chi connectivity index (χ1v) is 10.3. The molecule has 1 saturated heterocycles. The van der Waals surface area contributed by atoms with Gasteiger partial charge in [-0.25, -0.2) is 4.98 Å². The van der Waals surface area contributed by atoms with Crippen LogP contribution in [-0.2, 0) is 9.59 Å². The van der Waals surface area contributed by atoms with Crippen LogP contribution in [0.3, 0.4) is 0 Å². The number of carbonyl (C=O) groups excluding carboxylic acids is 2. The predicted molar refractivity (Wildman–Crippen MR) is 123 cm³/mol. The number of imidazole rings is 1. The van der Waals surface area contributed by atoms with Crippen molar-refractivity contribution in [2.45, 2.75) is 13.0 Å². The number of hydrogen-bond acceptors (Lipinski definition) is 6. The molecule has 8 nitrogen and oxygen atoms in total. The quantitative estimate of drug-likeness (QED) is 0.283. The van der Waals surface area contributed by atoms with Gasteiger partial charge >= 0.3 is 5.91 Å². The fourth-order valence-electron chi connectivity index (χ4n) is 4.06. The molecule has 0 saturated carbocycles. The normalized spacial score (nSPS) is 17.6. The number of benzene rings is 2. The number of methoxy groups -OCH3 is 1. The molecule has 0 aliphatic carbocycles. The fraction of sp³-hybridized carbons (Fsp3) is 0.120. The minimum Gasteiger partial charge on any atom is -0.507 e. The molecular formula is C25H20N4O4. The Morgan fingerprint density at radius 2 is 1.88 bits per heavy atom. The molecule has 164 valence electrons. The van der Waals surface area contributed by atoms with Crippen molar-refractivity contribution in [3.8, 4) is 5.75 Å². The number of ether oxygens (including phenoxy) is 1. The highest BCUT2D eigenvalue weighted by Crippen LogP contribution is 2.41. The van der Waals surface area contributed by atoms with Gasteiger partial charge in [0, 0.05) is 18.0 Å². The molecule has 1 atom stereocenters. The first-order chi connectivity index (χ1) is 16.0. The number of aryl methyl sites for hydroxylation is 1. The van der Waals surface area contributed by atoms with Gasteiger partial charge in [0.25, 0.3) is 5.78 Å². The Morgan fingerprint density at radius 1 is 1.09 bits per heavy atom. The van der Waals surface area contributed by atoms with E-state index < -0.39 is 17.7 Å². The van der Waals surface area contributed by atoms with Gasteiger partial charge in [-0.2, -0.15) is 0 Å². The molecule has 0 spiro atoms. The molecular weight excluding hydrogens is 420 g/mol. The number of hydrogen-bond donors (Lipinski definition) is 2. The van der Waals surface area contributed by atoms with Crippen LogP contribution in [0.2, 0.25) is 0 Å². The number of nitrogens with zero attached hydrogens (tertiary/aromatic N) is 3. The van der Waals surface area contributed by atoms with E-state index in [9.17, 15) is 14.7 Å². The summed E-state index contributed by atoms with van der Waals surface area (Å²) in [6.45, 7) is 1.96. The van der Waals surface area contributed by atoms with Crippen molar-refractivity contribution in [3.63, 3.8) is 0 Å². The van der Waals surface area contributed by atoms with Crippen LogP contribution >= 0.6 is 0 Å². The van der Waals surface area contributed by atoms with Crippen LogP contribution in [-0.4, -0.2) is 38.9 Å². The number of fused-ring (bicyclic) bond motifs is 1. The second kappa shape index (κ2) is 7.90. The summed E-state index contributed by atoms with van der Waals surface area (Å²) in [7, 11) is 1.51. The molecule has 4 aromatic rings. The van der Waals surface area contributed by atoms with Crippen molar-refractivity contribution in [1.82, 2.24) is 15.0 Å². The number of amides is 1. The van der Waals surface area contributed by atoms with E-state index in [1.165, 1.54) is 12.0 Å². The molecule has 2 aromatic heterocycles. The Hall–Kier alpha value is -4.46. The summed E-state index contributed by atoms with van der Waals surface area (Å²) < 4.78 is 5.24. The van der Waals surface area contributed by atoms with E-state index in [4.69, 9.17) is 4.74 Å². The van der Waals surface area contributed by atoms with Crippen LogP contribution in [0.25, 0.3) is 16.8 Å². The van der Waals surface area contributed by atoms with Crippen LogP contribution in [0.5, 0.6) is 5.75 Å². The molecule has 8 heteroatoms. The van der Waals surface area contributed by atoms with Crippen molar-refractivity contribution in [2.75, 3.05) is 12.0 Å². The third-order valence-corrected chi connectivity index (χ3v) is 5.66. The lowest BCUT2D eigenvalue weighted by Gasteiger charge is -2.22. The molecule has 1 fully saturated rings. The highest BCUT2D eigenvalue weighted by Gasteiger charge is 2.48. The number of rotatable bonds is 4. The minimum absolute atomic E-state index is 0.0314. The number of aromatic nitrogens is 3. The number of anilines is 1. The van der Waals surface area contributed by atoms with Crippen LogP contribution < -0.4 is 9.64 Å². The largest absolute Gasteiger partial charge is 0.507 e. The zero-order valence-corrected chi connectivity index (χ0v) is 17.9. The Balaban J connectivity index is 1.72. The molecule has 1 amide bonds. The number of Topliss-reactive ketones (excluding diaryl/α,β-unsaturated/α-hetero) is 1. The zero-order chi connectivity index (χ0) is 23.1. The van der Waals surface area contributed by atoms with Crippen LogP contribution in [0.1, 0.15) is 22.7 Å². The maximum atomic E-state index is 13.2. The van der Waals surface area contributed by atoms with E-state index in [1.54, 1.807) is 48.8 Å². The highest BCUT2D eigenvalue weighted by atomic mass is 16.5. The van der Waals surface area contributed by atoms with Gasteiger partial charge in [0.05, 0.1) is 29.8 Å². The van der Waals surface area contributed by atoms with Gasteiger partial charge < -0.3 is 14.8 Å². The number of aliphatic hydroxyl groups excluding tert-OH is 1. The van der Waals surface area contributed by atoms with Crippen LogP contribution in [0.4, 0.5) is 5.95 Å². The van der Waals surface area contributed by atoms with E-state index in [0.29, 0.717) is 22.4 Å². The summed E-state index contributed by atoms with van der Waals surface area (Å²) in [5, 5.41) is 11.2. The van der Waals surface area contributed by atoms with E-state index >= 15 is 0 Å². The van der Waals surface area contributed by atoms with Crippen molar-refractivity contribution in [1.29, 1.82) is 0 Å². The molecule has 1 aliphatic heterocycles. The summed E-state index contributed by atoms with van der Waals surface area (Å²) >= 11 is 0. The van der Waals surface area contributed by atoms with Crippen LogP contribution in [0.15, 0.2) is 72.6 Å². The van der Waals surface area contributed by atoms with Crippen LogP contribution in [0, 0.1) is 6.92 Å². The minimum atomic E-state index is -0.888. The Bertz CT molecular complexity index is 1420. The lowest BCUT2D eigenvalue weighted by Crippen LogP contribution is -2.30. The Morgan fingerprint density at radius 3 is 2.64 bits per heavy atom.